The molecule has 0 amide bonds. The van der Waals surface area contributed by atoms with Crippen molar-refractivity contribution >= 4 is 33.7 Å². The summed E-state index contributed by atoms with van der Waals surface area (Å²) in [6.45, 7) is 0. The van der Waals surface area contributed by atoms with E-state index in [2.05, 4.69) is 15.9 Å². The molecule has 92 valence electrons. The minimum atomic E-state index is -0.324. The van der Waals surface area contributed by atoms with Crippen molar-refractivity contribution in [2.24, 2.45) is 0 Å². The Hall–Kier alpha value is -1.26. The van der Waals surface area contributed by atoms with E-state index in [4.69, 9.17) is 4.74 Å². The third-order valence-electron chi connectivity index (χ3n) is 2.32. The van der Waals surface area contributed by atoms with Gasteiger partial charge in [-0.1, -0.05) is 45.9 Å². The van der Waals surface area contributed by atoms with Gasteiger partial charge in [0.15, 0.2) is 0 Å². The number of methoxy groups -OCH3 is 1. The smallest absolute Gasteiger partial charge is 0.339 e. The summed E-state index contributed by atoms with van der Waals surface area (Å²) < 4.78 is 5.66. The first-order chi connectivity index (χ1) is 8.70. The predicted octanol–water partition coefficient (Wildman–Crippen LogP) is 4.39. The minimum Gasteiger partial charge on any atom is -0.465 e. The Bertz CT molecular complexity index is 555. The molecule has 2 nitrogen and oxygen atoms in total. The number of hydrogen-bond donors (Lipinski definition) is 0. The van der Waals surface area contributed by atoms with Gasteiger partial charge in [-0.25, -0.2) is 4.79 Å². The van der Waals surface area contributed by atoms with E-state index in [1.807, 2.05) is 42.5 Å². The van der Waals surface area contributed by atoms with Gasteiger partial charge in [-0.05, 0) is 30.3 Å². The summed E-state index contributed by atoms with van der Waals surface area (Å²) in [5.74, 6) is -0.324. The second-order valence-electron chi connectivity index (χ2n) is 3.55. The molecule has 4 heteroatoms. The van der Waals surface area contributed by atoms with Gasteiger partial charge in [0.2, 0.25) is 0 Å². The predicted molar refractivity (Wildman–Crippen MR) is 76.0 cm³/mol. The summed E-state index contributed by atoms with van der Waals surface area (Å²) in [6.07, 6.45) is 0. The summed E-state index contributed by atoms with van der Waals surface area (Å²) in [5.41, 5.74) is 0.570. The van der Waals surface area contributed by atoms with Crippen LogP contribution in [0, 0.1) is 0 Å². The molecule has 0 spiro atoms. The molecule has 2 rings (SSSR count). The molecule has 2 aromatic rings. The SMILES string of the molecule is COC(=O)c1cc(Br)ccc1Sc1ccccc1. The van der Waals surface area contributed by atoms with Crippen LogP contribution in [0.15, 0.2) is 62.8 Å². The van der Waals surface area contributed by atoms with Gasteiger partial charge in [0.05, 0.1) is 12.7 Å². The van der Waals surface area contributed by atoms with Crippen LogP contribution in [-0.2, 0) is 4.74 Å². The third-order valence-corrected chi connectivity index (χ3v) is 3.89. The molecule has 0 unspecified atom stereocenters. The molecule has 0 aliphatic rings. The standard InChI is InChI=1S/C14H11BrO2S/c1-17-14(16)12-9-10(15)7-8-13(12)18-11-5-3-2-4-6-11/h2-9H,1H3. The average Bonchev–Trinajstić information content (AvgIpc) is 2.41. The molecule has 0 N–H and O–H groups in total. The number of ether oxygens (including phenoxy) is 1. The number of carbonyl (C=O) groups excluding carboxylic acids is 1. The van der Waals surface area contributed by atoms with Crippen LogP contribution in [-0.4, -0.2) is 13.1 Å². The Kier molecular flexibility index (Phi) is 4.44. The van der Waals surface area contributed by atoms with E-state index in [1.165, 1.54) is 7.11 Å². The fourth-order valence-electron chi connectivity index (χ4n) is 1.48. The Labute approximate surface area is 118 Å². The van der Waals surface area contributed by atoms with Gasteiger partial charge in [-0.15, -0.1) is 0 Å². The molecule has 0 atom stereocenters. The highest BCUT2D eigenvalue weighted by molar-refractivity contribution is 9.10. The monoisotopic (exact) mass is 322 g/mol. The Balaban J connectivity index is 2.35. The van der Waals surface area contributed by atoms with Crippen LogP contribution >= 0.6 is 27.7 Å². The number of halogens is 1. The van der Waals surface area contributed by atoms with Crippen molar-refractivity contribution in [3.63, 3.8) is 0 Å². The largest absolute Gasteiger partial charge is 0.465 e. The first-order valence-electron chi connectivity index (χ1n) is 5.31. The van der Waals surface area contributed by atoms with Crippen molar-refractivity contribution in [1.82, 2.24) is 0 Å². The summed E-state index contributed by atoms with van der Waals surface area (Å²) >= 11 is 4.91. The number of esters is 1. The van der Waals surface area contributed by atoms with Gasteiger partial charge in [-0.3, -0.25) is 0 Å². The molecule has 0 aliphatic heterocycles. The van der Waals surface area contributed by atoms with Gasteiger partial charge in [0.25, 0.3) is 0 Å². The second kappa shape index (κ2) is 6.07. The molecule has 18 heavy (non-hydrogen) atoms. The van der Waals surface area contributed by atoms with Crippen LogP contribution < -0.4 is 0 Å². The van der Waals surface area contributed by atoms with Crippen molar-refractivity contribution in [2.75, 3.05) is 7.11 Å². The molecule has 0 aliphatic carbocycles. The van der Waals surface area contributed by atoms with Crippen LogP contribution in [0.25, 0.3) is 0 Å². The van der Waals surface area contributed by atoms with E-state index in [1.54, 1.807) is 17.8 Å². The molecule has 0 heterocycles. The first kappa shape index (κ1) is 13.2. The Morgan fingerprint density at radius 3 is 2.56 bits per heavy atom. The molecule has 0 saturated carbocycles. The van der Waals surface area contributed by atoms with Crippen LogP contribution in [0.3, 0.4) is 0 Å². The average molecular weight is 323 g/mol. The Morgan fingerprint density at radius 1 is 1.17 bits per heavy atom. The van der Waals surface area contributed by atoms with Crippen molar-refractivity contribution < 1.29 is 9.53 Å². The van der Waals surface area contributed by atoms with E-state index < -0.39 is 0 Å². The lowest BCUT2D eigenvalue weighted by molar-refractivity contribution is 0.0596. The molecule has 0 radical (unpaired) electrons. The highest BCUT2D eigenvalue weighted by Gasteiger charge is 2.13. The fourth-order valence-corrected chi connectivity index (χ4v) is 2.77. The lowest BCUT2D eigenvalue weighted by Crippen LogP contribution is -2.03. The zero-order valence-electron chi connectivity index (χ0n) is 9.72. The third kappa shape index (κ3) is 3.15. The molecule has 0 saturated heterocycles. The first-order valence-corrected chi connectivity index (χ1v) is 6.92. The molecule has 0 bridgehead atoms. The van der Waals surface area contributed by atoms with E-state index in [9.17, 15) is 4.79 Å². The van der Waals surface area contributed by atoms with E-state index in [0.29, 0.717) is 5.56 Å². The zero-order valence-corrected chi connectivity index (χ0v) is 12.1. The maximum atomic E-state index is 11.7. The van der Waals surface area contributed by atoms with Crippen LogP contribution in [0.5, 0.6) is 0 Å². The highest BCUT2D eigenvalue weighted by atomic mass is 79.9. The Morgan fingerprint density at radius 2 is 1.89 bits per heavy atom. The molecular formula is C14H11BrO2S. The number of hydrogen-bond acceptors (Lipinski definition) is 3. The lowest BCUT2D eigenvalue weighted by Gasteiger charge is -2.08. The minimum absolute atomic E-state index is 0.324. The summed E-state index contributed by atoms with van der Waals surface area (Å²) in [7, 11) is 1.39. The maximum Gasteiger partial charge on any atom is 0.339 e. The molecule has 0 aromatic heterocycles. The molecule has 0 fully saturated rings. The summed E-state index contributed by atoms with van der Waals surface area (Å²) in [5, 5.41) is 0. The topological polar surface area (TPSA) is 26.3 Å². The zero-order chi connectivity index (χ0) is 13.0. The number of rotatable bonds is 3. The van der Waals surface area contributed by atoms with Crippen molar-refractivity contribution in [1.29, 1.82) is 0 Å². The van der Waals surface area contributed by atoms with E-state index >= 15 is 0 Å². The normalized spacial score (nSPS) is 10.1. The van der Waals surface area contributed by atoms with Gasteiger partial charge in [0, 0.05) is 14.3 Å². The van der Waals surface area contributed by atoms with Crippen molar-refractivity contribution in [3.8, 4) is 0 Å². The number of carbonyl (C=O) groups is 1. The van der Waals surface area contributed by atoms with Crippen LogP contribution in [0.2, 0.25) is 0 Å². The summed E-state index contributed by atoms with van der Waals surface area (Å²) in [4.78, 5) is 13.7. The quantitative estimate of drug-likeness (QED) is 0.784. The molecular weight excluding hydrogens is 312 g/mol. The van der Waals surface area contributed by atoms with Gasteiger partial charge in [-0.2, -0.15) is 0 Å². The number of benzene rings is 2. The van der Waals surface area contributed by atoms with Crippen molar-refractivity contribution in [3.05, 3.63) is 58.6 Å². The maximum absolute atomic E-state index is 11.7. The molecule has 2 aromatic carbocycles. The highest BCUT2D eigenvalue weighted by Crippen LogP contribution is 2.32. The van der Waals surface area contributed by atoms with Crippen LogP contribution in [0.4, 0.5) is 0 Å². The van der Waals surface area contributed by atoms with Gasteiger partial charge in [0.1, 0.15) is 0 Å². The van der Waals surface area contributed by atoms with Gasteiger partial charge >= 0.3 is 5.97 Å². The van der Waals surface area contributed by atoms with Gasteiger partial charge < -0.3 is 4.74 Å². The fraction of sp³-hybridized carbons (Fsp3) is 0.0714. The summed E-state index contributed by atoms with van der Waals surface area (Å²) in [6, 6.07) is 15.5. The lowest BCUT2D eigenvalue weighted by atomic mass is 10.2. The van der Waals surface area contributed by atoms with E-state index in [0.717, 1.165) is 14.3 Å². The van der Waals surface area contributed by atoms with E-state index in [-0.39, 0.29) is 5.97 Å². The van der Waals surface area contributed by atoms with Crippen molar-refractivity contribution in [2.45, 2.75) is 9.79 Å². The van der Waals surface area contributed by atoms with Crippen LogP contribution in [0.1, 0.15) is 10.4 Å². The second-order valence-corrected chi connectivity index (χ2v) is 5.58.